The lowest BCUT2D eigenvalue weighted by Crippen LogP contribution is -2.46. The van der Waals surface area contributed by atoms with Crippen molar-refractivity contribution in [2.24, 2.45) is 0 Å². The van der Waals surface area contributed by atoms with Gasteiger partial charge in [-0.05, 0) is 30.5 Å². The number of rotatable bonds is 7. The molecule has 136 valence electrons. The number of methoxy groups -OCH3 is 1. The monoisotopic (exact) mass is 353 g/mol. The zero-order valence-electron chi connectivity index (χ0n) is 14.8. The molecule has 0 spiro atoms. The third-order valence-electron chi connectivity index (χ3n) is 5.21. The van der Waals surface area contributed by atoms with E-state index in [0.717, 1.165) is 30.6 Å². The fourth-order valence-corrected chi connectivity index (χ4v) is 3.61. The summed E-state index contributed by atoms with van der Waals surface area (Å²) in [4.78, 5) is 23.7. The van der Waals surface area contributed by atoms with Crippen LogP contribution in [0.25, 0.3) is 0 Å². The van der Waals surface area contributed by atoms with Crippen molar-refractivity contribution < 1.29 is 19.4 Å². The molecule has 2 N–H and O–H groups in total. The molecule has 5 heteroatoms. The number of carbonyl (C=O) groups is 2. The molecule has 0 aromatic heterocycles. The Morgan fingerprint density at radius 2 is 1.81 bits per heavy atom. The number of hydrogen-bond donors (Lipinski definition) is 2. The van der Waals surface area contributed by atoms with Gasteiger partial charge in [-0.1, -0.05) is 42.8 Å². The molecule has 0 radical (unpaired) electrons. The van der Waals surface area contributed by atoms with Gasteiger partial charge in [0.05, 0.1) is 19.1 Å². The predicted molar refractivity (Wildman–Crippen MR) is 98.6 cm³/mol. The van der Waals surface area contributed by atoms with Gasteiger partial charge in [0.25, 0.3) is 0 Å². The Morgan fingerprint density at radius 3 is 2.46 bits per heavy atom. The Kier molecular flexibility index (Phi) is 5.26. The van der Waals surface area contributed by atoms with Crippen molar-refractivity contribution in [2.45, 2.75) is 31.1 Å². The standard InChI is InChI=1S/C21H23NO4/c1-26-18-10-5-4-9-17(18)21(11-6-12-21)14-22-19(23)13-15-7-2-3-8-16(15)20(24)25/h2-5,7-10H,6,11-14H2,1H3,(H,22,23)(H,24,25). The summed E-state index contributed by atoms with van der Waals surface area (Å²) in [5, 5.41) is 12.2. The number of carboxylic acid groups (broad SMARTS) is 1. The second kappa shape index (κ2) is 7.60. The Labute approximate surface area is 153 Å². The Morgan fingerprint density at radius 1 is 1.12 bits per heavy atom. The van der Waals surface area contributed by atoms with Crippen LogP contribution in [-0.4, -0.2) is 30.6 Å². The van der Waals surface area contributed by atoms with Crippen molar-refractivity contribution in [3.05, 3.63) is 65.2 Å². The first-order valence-electron chi connectivity index (χ1n) is 8.77. The molecular formula is C21H23NO4. The molecule has 1 amide bonds. The molecule has 0 aliphatic heterocycles. The van der Waals surface area contributed by atoms with Gasteiger partial charge in [-0.2, -0.15) is 0 Å². The van der Waals surface area contributed by atoms with E-state index < -0.39 is 5.97 Å². The van der Waals surface area contributed by atoms with E-state index in [-0.39, 0.29) is 23.3 Å². The van der Waals surface area contributed by atoms with E-state index >= 15 is 0 Å². The van der Waals surface area contributed by atoms with E-state index in [0.29, 0.717) is 12.1 Å². The lowest BCUT2D eigenvalue weighted by atomic mass is 9.64. The maximum Gasteiger partial charge on any atom is 0.335 e. The van der Waals surface area contributed by atoms with Crippen molar-refractivity contribution in [1.82, 2.24) is 5.32 Å². The van der Waals surface area contributed by atoms with Crippen LogP contribution in [0.15, 0.2) is 48.5 Å². The summed E-state index contributed by atoms with van der Waals surface area (Å²) >= 11 is 0. The Bertz CT molecular complexity index is 811. The van der Waals surface area contributed by atoms with Gasteiger partial charge in [-0.3, -0.25) is 4.79 Å². The van der Waals surface area contributed by atoms with Gasteiger partial charge in [0.1, 0.15) is 5.75 Å². The molecule has 2 aromatic rings. The molecule has 1 aliphatic rings. The van der Waals surface area contributed by atoms with Gasteiger partial charge in [0, 0.05) is 17.5 Å². The molecule has 1 fully saturated rings. The number of carboxylic acids is 1. The minimum atomic E-state index is -1.02. The maximum atomic E-state index is 12.4. The number of ether oxygens (including phenoxy) is 1. The zero-order chi connectivity index (χ0) is 18.6. The van der Waals surface area contributed by atoms with Crippen LogP contribution in [0.1, 0.15) is 40.7 Å². The van der Waals surface area contributed by atoms with Gasteiger partial charge < -0.3 is 15.2 Å². The third kappa shape index (κ3) is 3.57. The van der Waals surface area contributed by atoms with Gasteiger partial charge >= 0.3 is 5.97 Å². The smallest absolute Gasteiger partial charge is 0.335 e. The van der Waals surface area contributed by atoms with E-state index in [1.807, 2.05) is 18.2 Å². The molecule has 3 rings (SSSR count). The fourth-order valence-electron chi connectivity index (χ4n) is 3.61. The van der Waals surface area contributed by atoms with Crippen LogP contribution in [-0.2, 0) is 16.6 Å². The number of para-hydroxylation sites is 1. The fraction of sp³-hybridized carbons (Fsp3) is 0.333. The lowest BCUT2D eigenvalue weighted by Gasteiger charge is -2.43. The highest BCUT2D eigenvalue weighted by Crippen LogP contribution is 2.46. The first-order valence-corrected chi connectivity index (χ1v) is 8.77. The van der Waals surface area contributed by atoms with Gasteiger partial charge in [0.15, 0.2) is 0 Å². The summed E-state index contributed by atoms with van der Waals surface area (Å²) in [5.41, 5.74) is 1.72. The number of benzene rings is 2. The van der Waals surface area contributed by atoms with Gasteiger partial charge in [-0.15, -0.1) is 0 Å². The minimum Gasteiger partial charge on any atom is -0.496 e. The van der Waals surface area contributed by atoms with Crippen LogP contribution < -0.4 is 10.1 Å². The topological polar surface area (TPSA) is 75.6 Å². The molecule has 0 unspecified atom stereocenters. The summed E-state index contributed by atoms with van der Waals surface area (Å²) in [7, 11) is 1.66. The third-order valence-corrected chi connectivity index (χ3v) is 5.21. The van der Waals surface area contributed by atoms with Crippen LogP contribution in [0.4, 0.5) is 0 Å². The normalized spacial score (nSPS) is 15.0. The maximum absolute atomic E-state index is 12.4. The lowest BCUT2D eigenvalue weighted by molar-refractivity contribution is -0.120. The van der Waals surface area contributed by atoms with E-state index in [1.165, 1.54) is 6.07 Å². The number of amides is 1. The van der Waals surface area contributed by atoms with E-state index in [9.17, 15) is 14.7 Å². The van der Waals surface area contributed by atoms with Crippen LogP contribution in [0, 0.1) is 0 Å². The van der Waals surface area contributed by atoms with Gasteiger partial charge in [0.2, 0.25) is 5.91 Å². The molecule has 0 saturated heterocycles. The average molecular weight is 353 g/mol. The van der Waals surface area contributed by atoms with Crippen molar-refractivity contribution in [3.8, 4) is 5.75 Å². The van der Waals surface area contributed by atoms with Gasteiger partial charge in [-0.25, -0.2) is 4.79 Å². The summed E-state index contributed by atoms with van der Waals surface area (Å²) in [6, 6.07) is 14.5. The molecule has 1 saturated carbocycles. The largest absolute Gasteiger partial charge is 0.496 e. The van der Waals surface area contributed by atoms with Crippen molar-refractivity contribution in [1.29, 1.82) is 0 Å². The second-order valence-electron chi connectivity index (χ2n) is 6.75. The average Bonchev–Trinajstić information content (AvgIpc) is 2.61. The quantitative estimate of drug-likeness (QED) is 0.802. The molecule has 0 bridgehead atoms. The SMILES string of the molecule is COc1ccccc1C1(CNC(=O)Cc2ccccc2C(=O)O)CCC1. The number of aromatic carboxylic acids is 1. The molecule has 2 aromatic carbocycles. The molecule has 0 atom stereocenters. The second-order valence-corrected chi connectivity index (χ2v) is 6.75. The molecule has 1 aliphatic carbocycles. The summed E-state index contributed by atoms with van der Waals surface area (Å²) < 4.78 is 5.49. The number of hydrogen-bond acceptors (Lipinski definition) is 3. The first-order chi connectivity index (χ1) is 12.6. The van der Waals surface area contributed by atoms with Crippen molar-refractivity contribution in [2.75, 3.05) is 13.7 Å². The summed E-state index contributed by atoms with van der Waals surface area (Å²) in [5.74, 6) is -0.338. The molecular weight excluding hydrogens is 330 g/mol. The molecule has 0 heterocycles. The zero-order valence-corrected chi connectivity index (χ0v) is 14.8. The van der Waals surface area contributed by atoms with E-state index in [1.54, 1.807) is 25.3 Å². The van der Waals surface area contributed by atoms with Crippen molar-refractivity contribution >= 4 is 11.9 Å². The number of nitrogens with one attached hydrogen (secondary N) is 1. The predicted octanol–water partition coefficient (Wildman–Crippen LogP) is 3.17. The number of carbonyl (C=O) groups excluding carboxylic acids is 1. The van der Waals surface area contributed by atoms with Crippen LogP contribution in [0.5, 0.6) is 5.75 Å². The van der Waals surface area contributed by atoms with Crippen LogP contribution >= 0.6 is 0 Å². The highest BCUT2D eigenvalue weighted by molar-refractivity contribution is 5.91. The van der Waals surface area contributed by atoms with Crippen molar-refractivity contribution in [3.63, 3.8) is 0 Å². The van der Waals surface area contributed by atoms with E-state index in [2.05, 4.69) is 11.4 Å². The Hall–Kier alpha value is -2.82. The first kappa shape index (κ1) is 18.0. The summed E-state index contributed by atoms with van der Waals surface area (Å²) in [6.07, 6.45) is 3.18. The Balaban J connectivity index is 1.70. The van der Waals surface area contributed by atoms with Crippen LogP contribution in [0.2, 0.25) is 0 Å². The molecule has 5 nitrogen and oxygen atoms in total. The summed E-state index contributed by atoms with van der Waals surface area (Å²) in [6.45, 7) is 0.529. The highest BCUT2D eigenvalue weighted by atomic mass is 16.5. The highest BCUT2D eigenvalue weighted by Gasteiger charge is 2.40. The van der Waals surface area contributed by atoms with Crippen LogP contribution in [0.3, 0.4) is 0 Å². The molecule has 26 heavy (non-hydrogen) atoms. The minimum absolute atomic E-state index is 0.0600. The van der Waals surface area contributed by atoms with E-state index in [4.69, 9.17) is 4.74 Å².